The van der Waals surface area contributed by atoms with Crippen molar-refractivity contribution in [3.05, 3.63) is 47.4 Å². The monoisotopic (exact) mass is 212 g/mol. The maximum Gasteiger partial charge on any atom is 0.111 e. The number of fused-ring (bicyclic) bond motifs is 3. The smallest absolute Gasteiger partial charge is 0.111 e. The van der Waals surface area contributed by atoms with Gasteiger partial charge in [-0.15, -0.1) is 0 Å². The molecule has 1 N–H and O–H groups in total. The summed E-state index contributed by atoms with van der Waals surface area (Å²) in [6.45, 7) is 0. The topological polar surface area (TPSA) is 28.7 Å². The molecular weight excluding hydrogens is 204 g/mol. The van der Waals surface area contributed by atoms with Crippen LogP contribution in [0.3, 0.4) is 0 Å². The van der Waals surface area contributed by atoms with Crippen LogP contribution in [0, 0.1) is 4.64 Å². The van der Waals surface area contributed by atoms with Crippen LogP contribution in [0.15, 0.2) is 42.7 Å². The third kappa shape index (κ3) is 1.24. The first-order valence-corrected chi connectivity index (χ1v) is 5.12. The average Bonchev–Trinajstić information content (AvgIpc) is 2.29. The summed E-state index contributed by atoms with van der Waals surface area (Å²) in [6, 6.07) is 10.1. The summed E-state index contributed by atoms with van der Waals surface area (Å²) in [5, 5.41) is 3.31. The van der Waals surface area contributed by atoms with E-state index in [1.54, 1.807) is 0 Å². The summed E-state index contributed by atoms with van der Waals surface area (Å²) in [4.78, 5) is 7.42. The van der Waals surface area contributed by atoms with E-state index in [1.165, 1.54) is 0 Å². The molecule has 0 saturated heterocycles. The maximum absolute atomic E-state index is 5.23. The molecule has 0 fully saturated rings. The number of nitrogens with zero attached hydrogens (tertiary/aromatic N) is 1. The Kier molecular flexibility index (Phi) is 1.79. The normalized spacial score (nSPS) is 10.9. The molecule has 0 aliphatic heterocycles. The van der Waals surface area contributed by atoms with Crippen LogP contribution in [0.5, 0.6) is 0 Å². The molecule has 0 radical (unpaired) electrons. The minimum atomic E-state index is 0.764. The fourth-order valence-corrected chi connectivity index (χ4v) is 2.06. The number of benzene rings is 1. The largest absolute Gasteiger partial charge is 0.352 e. The van der Waals surface area contributed by atoms with Crippen LogP contribution in [0.2, 0.25) is 0 Å². The van der Waals surface area contributed by atoms with Gasteiger partial charge in [0.05, 0.1) is 5.52 Å². The molecule has 0 spiro atoms. The number of hydrogen-bond acceptors (Lipinski definition) is 2. The Labute approximate surface area is 91.6 Å². The molecule has 0 saturated carbocycles. The van der Waals surface area contributed by atoms with E-state index >= 15 is 0 Å². The molecule has 0 amide bonds. The van der Waals surface area contributed by atoms with Crippen molar-refractivity contribution in [2.24, 2.45) is 0 Å². The summed E-state index contributed by atoms with van der Waals surface area (Å²) < 4.78 is 0.764. The van der Waals surface area contributed by atoms with Crippen LogP contribution in [-0.4, -0.2) is 9.97 Å². The molecule has 2 aromatic heterocycles. The number of nitrogens with one attached hydrogen (secondary N) is 1. The van der Waals surface area contributed by atoms with Crippen LogP contribution in [0.25, 0.3) is 21.7 Å². The number of aromatic nitrogens is 2. The number of pyridine rings is 2. The van der Waals surface area contributed by atoms with E-state index in [9.17, 15) is 0 Å². The van der Waals surface area contributed by atoms with Crippen molar-refractivity contribution in [3.63, 3.8) is 0 Å². The molecule has 15 heavy (non-hydrogen) atoms. The van der Waals surface area contributed by atoms with E-state index in [-0.39, 0.29) is 0 Å². The molecule has 0 aliphatic carbocycles. The zero-order chi connectivity index (χ0) is 10.3. The zero-order valence-electron chi connectivity index (χ0n) is 7.90. The molecule has 2 nitrogen and oxygen atoms in total. The molecule has 0 bridgehead atoms. The second-order valence-electron chi connectivity index (χ2n) is 3.41. The third-order valence-electron chi connectivity index (χ3n) is 2.52. The highest BCUT2D eigenvalue weighted by Crippen LogP contribution is 2.22. The molecule has 1 aromatic carbocycles. The summed E-state index contributed by atoms with van der Waals surface area (Å²) >= 11 is 5.23. The van der Waals surface area contributed by atoms with Crippen LogP contribution in [0.1, 0.15) is 0 Å². The Morgan fingerprint density at radius 3 is 2.93 bits per heavy atom. The second kappa shape index (κ2) is 3.14. The number of H-pyrrole nitrogens is 1. The Morgan fingerprint density at radius 1 is 1.07 bits per heavy atom. The average molecular weight is 212 g/mol. The third-order valence-corrected chi connectivity index (χ3v) is 2.86. The lowest BCUT2D eigenvalue weighted by Crippen LogP contribution is -1.83. The fraction of sp³-hybridized carbons (Fsp3) is 0. The van der Waals surface area contributed by atoms with E-state index < -0.39 is 0 Å². The predicted molar refractivity (Wildman–Crippen MR) is 64.4 cm³/mol. The van der Waals surface area contributed by atoms with Crippen LogP contribution < -0.4 is 0 Å². The minimum Gasteiger partial charge on any atom is -0.352 e. The Morgan fingerprint density at radius 2 is 2.00 bits per heavy atom. The first-order valence-electron chi connectivity index (χ1n) is 4.71. The molecule has 3 heteroatoms. The standard InChI is InChI=1S/C12H8N2S/c15-12-10-4-3-8-2-1-6-13-11(8)9(10)5-7-14-12/h1-7H,(H,14,15). The van der Waals surface area contributed by atoms with Gasteiger partial charge in [-0.05, 0) is 12.1 Å². The first kappa shape index (κ1) is 8.56. The molecule has 3 rings (SSSR count). The van der Waals surface area contributed by atoms with Crippen LogP contribution in [0.4, 0.5) is 0 Å². The van der Waals surface area contributed by atoms with Gasteiger partial charge in [-0.25, -0.2) is 0 Å². The first-order chi connectivity index (χ1) is 7.36. The molecule has 0 unspecified atom stereocenters. The van der Waals surface area contributed by atoms with Crippen LogP contribution in [-0.2, 0) is 0 Å². The molecule has 2 heterocycles. The van der Waals surface area contributed by atoms with Crippen LogP contribution >= 0.6 is 12.2 Å². The molecule has 3 aromatic rings. The summed E-state index contributed by atoms with van der Waals surface area (Å²) in [5.74, 6) is 0. The van der Waals surface area contributed by atoms with Gasteiger partial charge < -0.3 is 4.98 Å². The quantitative estimate of drug-likeness (QED) is 0.456. The van der Waals surface area contributed by atoms with Crippen molar-refractivity contribution >= 4 is 33.9 Å². The van der Waals surface area contributed by atoms with Gasteiger partial charge in [-0.2, -0.15) is 0 Å². The van der Waals surface area contributed by atoms with Gasteiger partial charge in [0.15, 0.2) is 0 Å². The summed E-state index contributed by atoms with van der Waals surface area (Å²) in [6.07, 6.45) is 3.67. The van der Waals surface area contributed by atoms with E-state index in [2.05, 4.69) is 16.0 Å². The highest BCUT2D eigenvalue weighted by atomic mass is 32.1. The molecule has 72 valence electrons. The lowest BCUT2D eigenvalue weighted by Gasteiger charge is -2.01. The van der Waals surface area contributed by atoms with Crippen molar-refractivity contribution in [3.8, 4) is 0 Å². The lowest BCUT2D eigenvalue weighted by molar-refractivity contribution is 1.33. The number of aromatic amines is 1. The van der Waals surface area contributed by atoms with E-state index in [0.717, 1.165) is 26.3 Å². The Balaban J connectivity index is 2.67. The van der Waals surface area contributed by atoms with Crippen molar-refractivity contribution in [2.75, 3.05) is 0 Å². The van der Waals surface area contributed by atoms with Crippen molar-refractivity contribution < 1.29 is 0 Å². The van der Waals surface area contributed by atoms with Gasteiger partial charge in [0.1, 0.15) is 4.64 Å². The lowest BCUT2D eigenvalue weighted by atomic mass is 10.1. The predicted octanol–water partition coefficient (Wildman–Crippen LogP) is 3.45. The highest BCUT2D eigenvalue weighted by Gasteiger charge is 2.00. The maximum atomic E-state index is 5.23. The van der Waals surface area contributed by atoms with E-state index in [1.807, 2.05) is 36.7 Å². The molecular formula is C12H8N2S. The summed E-state index contributed by atoms with van der Waals surface area (Å²) in [7, 11) is 0. The Hall–Kier alpha value is -1.74. The van der Waals surface area contributed by atoms with Crippen molar-refractivity contribution in [2.45, 2.75) is 0 Å². The van der Waals surface area contributed by atoms with Gasteiger partial charge >= 0.3 is 0 Å². The zero-order valence-corrected chi connectivity index (χ0v) is 8.71. The van der Waals surface area contributed by atoms with Crippen molar-refractivity contribution in [1.29, 1.82) is 0 Å². The van der Waals surface area contributed by atoms with Gasteiger partial charge in [0.25, 0.3) is 0 Å². The van der Waals surface area contributed by atoms with Gasteiger partial charge in [-0.1, -0.05) is 30.4 Å². The SMILES string of the molecule is S=c1[nH]ccc2c1ccc1cccnc12. The summed E-state index contributed by atoms with van der Waals surface area (Å²) in [5.41, 5.74) is 1.01. The molecule has 0 atom stereocenters. The highest BCUT2D eigenvalue weighted by molar-refractivity contribution is 7.71. The minimum absolute atomic E-state index is 0.764. The van der Waals surface area contributed by atoms with Gasteiger partial charge in [0.2, 0.25) is 0 Å². The Bertz CT molecular complexity index is 700. The molecule has 0 aliphatic rings. The van der Waals surface area contributed by atoms with Gasteiger partial charge in [-0.3, -0.25) is 4.98 Å². The van der Waals surface area contributed by atoms with Crippen molar-refractivity contribution in [1.82, 2.24) is 9.97 Å². The number of rotatable bonds is 0. The van der Waals surface area contributed by atoms with E-state index in [0.29, 0.717) is 0 Å². The number of hydrogen-bond donors (Lipinski definition) is 1. The van der Waals surface area contributed by atoms with E-state index in [4.69, 9.17) is 12.2 Å². The fourth-order valence-electron chi connectivity index (χ4n) is 1.81. The second-order valence-corrected chi connectivity index (χ2v) is 3.82. The van der Waals surface area contributed by atoms with Gasteiger partial charge in [0, 0.05) is 28.6 Å².